The quantitative estimate of drug-likeness (QED) is 0.360. The van der Waals surface area contributed by atoms with E-state index in [2.05, 4.69) is 0 Å². The molecule has 0 nitrogen and oxygen atoms in total. The molecule has 0 aromatic heterocycles. The molecule has 0 bridgehead atoms. The van der Waals surface area contributed by atoms with Crippen molar-refractivity contribution in [1.82, 2.24) is 0 Å². The Morgan fingerprint density at radius 3 is 1.92 bits per heavy atom. The minimum absolute atomic E-state index is 0. The fourth-order valence-corrected chi connectivity index (χ4v) is 3.22. The molecule has 0 radical (unpaired) electrons. The first kappa shape index (κ1) is 13.1. The predicted molar refractivity (Wildman–Crippen MR) is 59.1 cm³/mol. The van der Waals surface area contributed by atoms with Gasteiger partial charge >= 0.3 is 16.5 Å². The van der Waals surface area contributed by atoms with Crippen LogP contribution in [0.3, 0.4) is 0 Å². The third kappa shape index (κ3) is 3.88. The Bertz CT molecular complexity index is 200. The predicted octanol–water partition coefficient (Wildman–Crippen LogP) is 3.07. The molecule has 5 heteroatoms. The number of rotatable bonds is 3. The maximum atomic E-state index is 4.88. The Balaban J connectivity index is 0.00000121. The molecule has 0 heterocycles. The van der Waals surface area contributed by atoms with Crippen molar-refractivity contribution in [2.24, 2.45) is 0 Å². The first-order valence-corrected chi connectivity index (χ1v) is 6.61. The van der Waals surface area contributed by atoms with Crippen LogP contribution in [0.4, 0.5) is 0 Å². The summed E-state index contributed by atoms with van der Waals surface area (Å²) in [6.45, 7) is 0. The summed E-state index contributed by atoms with van der Waals surface area (Å²) in [5.41, 5.74) is 1.20. The molecule has 0 saturated heterocycles. The maximum Gasteiger partial charge on any atom is 2.00 e. The van der Waals surface area contributed by atoms with Gasteiger partial charge in [-0.15, -0.1) is 0 Å². The molecular weight excluding hydrogens is 271 g/mol. The van der Waals surface area contributed by atoms with E-state index >= 15 is 0 Å². The fourth-order valence-electron chi connectivity index (χ4n) is 0.737. The molecule has 1 aromatic rings. The van der Waals surface area contributed by atoms with Crippen molar-refractivity contribution in [3.63, 3.8) is 0 Å². The summed E-state index contributed by atoms with van der Waals surface area (Å²) in [5, 5.41) is 0. The molecule has 0 atom stereocenters. The van der Waals surface area contributed by atoms with Crippen LogP contribution in [0.5, 0.6) is 0 Å². The molecule has 0 amide bonds. The van der Waals surface area contributed by atoms with Crippen LogP contribution in [0.25, 0.3) is 0 Å². The fraction of sp³-hybridized carbons (Fsp3) is 0.143. The first-order chi connectivity index (χ1) is 5.38. The summed E-state index contributed by atoms with van der Waals surface area (Å²) in [6, 6.07) is 10.1. The van der Waals surface area contributed by atoms with Gasteiger partial charge in [0, 0.05) is 4.58 Å². The van der Waals surface area contributed by atoms with E-state index < -0.39 is 0 Å². The Morgan fingerprint density at radius 1 is 1.00 bits per heavy atom. The molecule has 0 aliphatic heterocycles. The summed E-state index contributed by atoms with van der Waals surface area (Å²) in [6.07, 6.45) is 0. The summed E-state index contributed by atoms with van der Waals surface area (Å²) in [7, 11) is 2.73. The zero-order valence-corrected chi connectivity index (χ0v) is 10.2. The Hall–Kier alpha value is 1.11. The third-order valence-corrected chi connectivity index (χ3v) is 4.60. The molecule has 1 aromatic carbocycles. The van der Waals surface area contributed by atoms with Crippen LogP contribution in [0.1, 0.15) is 10.1 Å². The largest absolute Gasteiger partial charge is 2.00 e. The number of hydrogen-bond donors (Lipinski definition) is 0. The van der Waals surface area contributed by atoms with Gasteiger partial charge < -0.3 is 44.9 Å². The second-order valence-electron chi connectivity index (χ2n) is 1.94. The van der Waals surface area contributed by atoms with E-state index in [1.54, 1.807) is 0 Å². The first-order valence-electron chi connectivity index (χ1n) is 3.00. The van der Waals surface area contributed by atoms with E-state index in [-0.39, 0.29) is 21.1 Å². The zero-order chi connectivity index (χ0) is 8.10. The molecule has 12 heavy (non-hydrogen) atoms. The van der Waals surface area contributed by atoms with Gasteiger partial charge in [0.25, 0.3) is 0 Å². The van der Waals surface area contributed by atoms with E-state index in [9.17, 15) is 0 Å². The monoisotopic (exact) mass is 276 g/mol. The molecule has 1 rings (SSSR count). The van der Waals surface area contributed by atoms with Crippen molar-refractivity contribution in [2.75, 3.05) is 0 Å². The SMILES string of the molecule is [Ni+2].[S-]SC(S[S-])c1ccccc1. The van der Waals surface area contributed by atoms with Crippen molar-refractivity contribution >= 4 is 44.9 Å². The topological polar surface area (TPSA) is 0 Å². The minimum atomic E-state index is 0. The minimum Gasteiger partial charge on any atom is -0.718 e. The molecule has 0 aliphatic rings. The molecule has 0 N–H and O–H groups in total. The smallest absolute Gasteiger partial charge is 0.718 e. The summed E-state index contributed by atoms with van der Waals surface area (Å²) in [5.74, 6) is 0. The molecule has 0 unspecified atom stereocenters. The van der Waals surface area contributed by atoms with Crippen LogP contribution in [0, 0.1) is 0 Å². The van der Waals surface area contributed by atoms with E-state index in [0.717, 1.165) is 0 Å². The molecule has 0 spiro atoms. The van der Waals surface area contributed by atoms with Crippen molar-refractivity contribution in [2.45, 2.75) is 4.58 Å². The summed E-state index contributed by atoms with van der Waals surface area (Å²) < 4.78 is 0.223. The normalized spacial score (nSPS) is 9.58. The van der Waals surface area contributed by atoms with Gasteiger partial charge in [-0.3, -0.25) is 0 Å². The van der Waals surface area contributed by atoms with Crippen LogP contribution < -0.4 is 0 Å². The van der Waals surface area contributed by atoms with Gasteiger partial charge in [0.05, 0.1) is 0 Å². The Morgan fingerprint density at radius 2 is 1.50 bits per heavy atom. The van der Waals surface area contributed by atoms with Gasteiger partial charge in [-0.2, -0.15) is 0 Å². The second-order valence-corrected chi connectivity index (χ2v) is 4.72. The summed E-state index contributed by atoms with van der Waals surface area (Å²) >= 11 is 9.77. The average molecular weight is 277 g/mol. The van der Waals surface area contributed by atoms with Crippen LogP contribution in [0.2, 0.25) is 0 Å². The van der Waals surface area contributed by atoms with Crippen molar-refractivity contribution < 1.29 is 16.5 Å². The molecular formula is C7H6NiS4. The average Bonchev–Trinajstić information content (AvgIpc) is 2.09. The molecule has 0 aliphatic carbocycles. The Kier molecular flexibility index (Phi) is 8.21. The van der Waals surface area contributed by atoms with E-state index in [1.807, 2.05) is 30.3 Å². The van der Waals surface area contributed by atoms with Gasteiger partial charge in [-0.1, -0.05) is 30.3 Å². The van der Waals surface area contributed by atoms with Crippen LogP contribution >= 0.6 is 21.6 Å². The van der Waals surface area contributed by atoms with Crippen LogP contribution in [-0.4, -0.2) is 0 Å². The standard InChI is InChI=1S/C7H8S4.Ni/c8-10-7(11-9)6-4-2-1-3-5-6;/h1-5,7-9H;/q;+2/p-2. The number of benzene rings is 1. The molecule has 0 saturated carbocycles. The summed E-state index contributed by atoms with van der Waals surface area (Å²) in [4.78, 5) is 0. The van der Waals surface area contributed by atoms with Crippen molar-refractivity contribution in [3.05, 3.63) is 35.9 Å². The maximum absolute atomic E-state index is 4.88. The Labute approximate surface area is 101 Å². The van der Waals surface area contributed by atoms with Crippen LogP contribution in [-0.2, 0) is 39.8 Å². The van der Waals surface area contributed by atoms with Crippen molar-refractivity contribution in [3.8, 4) is 0 Å². The molecule has 0 fully saturated rings. The van der Waals surface area contributed by atoms with Gasteiger partial charge in [0.2, 0.25) is 0 Å². The van der Waals surface area contributed by atoms with E-state index in [4.69, 9.17) is 23.3 Å². The van der Waals surface area contributed by atoms with Gasteiger partial charge in [-0.25, -0.2) is 0 Å². The molecule has 68 valence electrons. The third-order valence-electron chi connectivity index (χ3n) is 1.25. The van der Waals surface area contributed by atoms with Gasteiger partial charge in [0.15, 0.2) is 0 Å². The van der Waals surface area contributed by atoms with Crippen LogP contribution in [0.15, 0.2) is 30.3 Å². The van der Waals surface area contributed by atoms with Gasteiger partial charge in [0.1, 0.15) is 0 Å². The zero-order valence-electron chi connectivity index (χ0n) is 5.91. The number of hydrogen-bond acceptors (Lipinski definition) is 4. The van der Waals surface area contributed by atoms with E-state index in [0.29, 0.717) is 0 Å². The van der Waals surface area contributed by atoms with E-state index in [1.165, 1.54) is 27.2 Å². The van der Waals surface area contributed by atoms with Crippen molar-refractivity contribution in [1.29, 1.82) is 0 Å². The van der Waals surface area contributed by atoms with Gasteiger partial charge in [-0.05, 0) is 5.56 Å². The second kappa shape index (κ2) is 7.51.